The molecule has 0 fully saturated rings. The van der Waals surface area contributed by atoms with Gasteiger partial charge in [-0.15, -0.1) is 0 Å². The first-order chi connectivity index (χ1) is 9.14. The second-order valence-electron chi connectivity index (χ2n) is 5.31. The van der Waals surface area contributed by atoms with Crippen LogP contribution < -0.4 is 5.73 Å². The van der Waals surface area contributed by atoms with E-state index in [4.69, 9.17) is 5.73 Å². The molecule has 3 N–H and O–H groups in total. The van der Waals surface area contributed by atoms with Crippen LogP contribution in [0, 0.1) is 5.92 Å². The minimum absolute atomic E-state index is 0.197. The molecule has 114 valence electrons. The van der Waals surface area contributed by atoms with E-state index in [1.807, 2.05) is 13.8 Å². The van der Waals surface area contributed by atoms with E-state index in [0.29, 0.717) is 18.4 Å². The van der Waals surface area contributed by atoms with Gasteiger partial charge in [0.2, 0.25) is 0 Å². The third-order valence-electron chi connectivity index (χ3n) is 3.95. The van der Waals surface area contributed by atoms with Crippen LogP contribution in [0.1, 0.15) is 44.7 Å². The Bertz CT molecular complexity index is 426. The molecule has 1 rings (SSSR count). The highest BCUT2D eigenvalue weighted by atomic mass is 19.4. The summed E-state index contributed by atoms with van der Waals surface area (Å²) in [6.45, 7) is 5.45. The van der Waals surface area contributed by atoms with Crippen molar-refractivity contribution in [2.24, 2.45) is 11.7 Å². The maximum absolute atomic E-state index is 12.5. The first-order valence-electron chi connectivity index (χ1n) is 6.80. The fourth-order valence-corrected chi connectivity index (χ4v) is 2.61. The van der Waals surface area contributed by atoms with Gasteiger partial charge in [-0.05, 0) is 37.5 Å². The number of hydrogen-bond acceptors (Lipinski definition) is 2. The van der Waals surface area contributed by atoms with Crippen molar-refractivity contribution in [1.29, 1.82) is 0 Å². The van der Waals surface area contributed by atoms with E-state index in [1.165, 1.54) is 12.1 Å². The standard InChI is InChI=1S/C15H22F3NO/c1-4-12(13(19)5-2)14(3,20)10-6-8-11(9-7-10)15(16,17)18/h6-9,12-13,20H,4-5,19H2,1-3H3/t12?,13-,14-/m0/s1. The van der Waals surface area contributed by atoms with Gasteiger partial charge in [-0.1, -0.05) is 26.0 Å². The zero-order chi connectivity index (χ0) is 15.6. The summed E-state index contributed by atoms with van der Waals surface area (Å²) < 4.78 is 37.6. The van der Waals surface area contributed by atoms with Gasteiger partial charge in [0.15, 0.2) is 0 Å². The predicted octanol–water partition coefficient (Wildman–Crippen LogP) is 3.68. The molecule has 1 unspecified atom stereocenters. The van der Waals surface area contributed by atoms with Gasteiger partial charge in [-0.3, -0.25) is 0 Å². The molecule has 0 heterocycles. The number of nitrogens with two attached hydrogens (primary N) is 1. The summed E-state index contributed by atoms with van der Waals surface area (Å²) >= 11 is 0. The van der Waals surface area contributed by atoms with Crippen molar-refractivity contribution in [3.63, 3.8) is 0 Å². The van der Waals surface area contributed by atoms with Crippen LogP contribution in [0.2, 0.25) is 0 Å². The van der Waals surface area contributed by atoms with Gasteiger partial charge in [0, 0.05) is 12.0 Å². The molecule has 0 aliphatic carbocycles. The fraction of sp³-hybridized carbons (Fsp3) is 0.600. The van der Waals surface area contributed by atoms with Gasteiger partial charge >= 0.3 is 6.18 Å². The Morgan fingerprint density at radius 3 is 1.85 bits per heavy atom. The number of halogens is 3. The molecule has 0 saturated heterocycles. The number of aliphatic hydroxyl groups is 1. The molecule has 2 nitrogen and oxygen atoms in total. The van der Waals surface area contributed by atoms with Gasteiger partial charge < -0.3 is 10.8 Å². The van der Waals surface area contributed by atoms with E-state index in [9.17, 15) is 18.3 Å². The lowest BCUT2D eigenvalue weighted by Gasteiger charge is -2.36. The minimum atomic E-state index is -4.37. The van der Waals surface area contributed by atoms with E-state index in [-0.39, 0.29) is 12.0 Å². The number of alkyl halides is 3. The highest BCUT2D eigenvalue weighted by Gasteiger charge is 2.37. The van der Waals surface area contributed by atoms with Crippen LogP contribution in [-0.2, 0) is 11.8 Å². The first-order valence-corrected chi connectivity index (χ1v) is 6.80. The van der Waals surface area contributed by atoms with Crippen molar-refractivity contribution in [2.45, 2.75) is 51.4 Å². The van der Waals surface area contributed by atoms with Crippen molar-refractivity contribution >= 4 is 0 Å². The van der Waals surface area contributed by atoms with Gasteiger partial charge in [0.25, 0.3) is 0 Å². The zero-order valence-electron chi connectivity index (χ0n) is 12.0. The molecule has 0 aliphatic heterocycles. The van der Waals surface area contributed by atoms with Gasteiger partial charge in [0.1, 0.15) is 0 Å². The molecule has 20 heavy (non-hydrogen) atoms. The summed E-state index contributed by atoms with van der Waals surface area (Å²) in [6.07, 6.45) is -3.01. The summed E-state index contributed by atoms with van der Waals surface area (Å²) in [4.78, 5) is 0. The Kier molecular flexibility index (Phi) is 5.21. The normalized spacial score (nSPS) is 18.4. The molecule has 0 spiro atoms. The molecular weight excluding hydrogens is 267 g/mol. The number of hydrogen-bond donors (Lipinski definition) is 2. The summed E-state index contributed by atoms with van der Waals surface area (Å²) in [5, 5.41) is 10.7. The number of benzene rings is 1. The fourth-order valence-electron chi connectivity index (χ4n) is 2.61. The van der Waals surface area contributed by atoms with Gasteiger partial charge in [-0.2, -0.15) is 13.2 Å². The summed E-state index contributed by atoms with van der Waals surface area (Å²) in [6, 6.07) is 4.45. The highest BCUT2D eigenvalue weighted by molar-refractivity contribution is 5.29. The average molecular weight is 289 g/mol. The van der Waals surface area contributed by atoms with Gasteiger partial charge in [0.05, 0.1) is 11.2 Å². The Morgan fingerprint density at radius 1 is 1.05 bits per heavy atom. The maximum Gasteiger partial charge on any atom is 0.416 e. The van der Waals surface area contributed by atoms with Crippen LogP contribution in [0.15, 0.2) is 24.3 Å². The molecule has 0 radical (unpaired) electrons. The van der Waals surface area contributed by atoms with E-state index in [2.05, 4.69) is 0 Å². The van der Waals surface area contributed by atoms with Gasteiger partial charge in [-0.25, -0.2) is 0 Å². The molecular formula is C15H22F3NO. The SMILES string of the molecule is CCC([C@@H](N)CC)[C@@](C)(O)c1ccc(C(F)(F)F)cc1. The van der Waals surface area contributed by atoms with E-state index < -0.39 is 17.3 Å². The molecule has 3 atom stereocenters. The van der Waals surface area contributed by atoms with Crippen LogP contribution in [0.25, 0.3) is 0 Å². The van der Waals surface area contributed by atoms with Crippen LogP contribution in [-0.4, -0.2) is 11.1 Å². The molecule has 0 bridgehead atoms. The predicted molar refractivity (Wildman–Crippen MR) is 73.1 cm³/mol. The second kappa shape index (κ2) is 6.14. The highest BCUT2D eigenvalue weighted by Crippen LogP contribution is 2.36. The summed E-state index contributed by atoms with van der Waals surface area (Å²) in [5.41, 5.74) is 4.51. The van der Waals surface area contributed by atoms with E-state index >= 15 is 0 Å². The smallest absolute Gasteiger partial charge is 0.385 e. The lowest BCUT2D eigenvalue weighted by atomic mass is 9.76. The average Bonchev–Trinajstić information content (AvgIpc) is 2.38. The lowest BCUT2D eigenvalue weighted by molar-refractivity contribution is -0.137. The lowest BCUT2D eigenvalue weighted by Crippen LogP contribution is -2.43. The van der Waals surface area contributed by atoms with E-state index in [1.54, 1.807) is 6.92 Å². The quantitative estimate of drug-likeness (QED) is 0.868. The first kappa shape index (κ1) is 17.0. The molecule has 0 amide bonds. The van der Waals surface area contributed by atoms with Crippen LogP contribution in [0.5, 0.6) is 0 Å². The molecule has 0 saturated carbocycles. The minimum Gasteiger partial charge on any atom is -0.385 e. The Morgan fingerprint density at radius 2 is 1.50 bits per heavy atom. The van der Waals surface area contributed by atoms with Crippen LogP contribution in [0.3, 0.4) is 0 Å². The topological polar surface area (TPSA) is 46.2 Å². The van der Waals surface area contributed by atoms with Crippen LogP contribution in [0.4, 0.5) is 13.2 Å². The molecule has 0 aliphatic rings. The van der Waals surface area contributed by atoms with Crippen molar-refractivity contribution in [3.05, 3.63) is 35.4 Å². The van der Waals surface area contributed by atoms with Crippen LogP contribution >= 0.6 is 0 Å². The largest absolute Gasteiger partial charge is 0.416 e. The Hall–Kier alpha value is -1.07. The van der Waals surface area contributed by atoms with Crippen molar-refractivity contribution in [2.75, 3.05) is 0 Å². The number of rotatable bonds is 5. The Balaban J connectivity index is 3.08. The van der Waals surface area contributed by atoms with Crippen molar-refractivity contribution in [3.8, 4) is 0 Å². The third-order valence-corrected chi connectivity index (χ3v) is 3.95. The maximum atomic E-state index is 12.5. The molecule has 1 aromatic rings. The monoisotopic (exact) mass is 289 g/mol. The summed E-state index contributed by atoms with van der Waals surface area (Å²) in [7, 11) is 0. The van der Waals surface area contributed by atoms with Crippen molar-refractivity contribution in [1.82, 2.24) is 0 Å². The zero-order valence-corrected chi connectivity index (χ0v) is 12.0. The molecule has 0 aromatic heterocycles. The molecule has 5 heteroatoms. The van der Waals surface area contributed by atoms with E-state index in [0.717, 1.165) is 12.1 Å². The Labute approximate surface area is 117 Å². The summed E-state index contributed by atoms with van der Waals surface area (Å²) in [5.74, 6) is -0.204. The third kappa shape index (κ3) is 3.52. The van der Waals surface area contributed by atoms with Crippen molar-refractivity contribution < 1.29 is 18.3 Å². The molecule has 1 aromatic carbocycles. The second-order valence-corrected chi connectivity index (χ2v) is 5.31.